The molecule has 8 nitrogen and oxygen atoms in total. The smallest absolute Gasteiger partial charge is 0.305 e. The number of methoxy groups -OCH3 is 2. The topological polar surface area (TPSA) is 105 Å². The summed E-state index contributed by atoms with van der Waals surface area (Å²) < 4.78 is 39.4. The minimum absolute atomic E-state index is 0.0161. The summed E-state index contributed by atoms with van der Waals surface area (Å²) in [4.78, 5) is 13.1. The summed E-state index contributed by atoms with van der Waals surface area (Å²) in [7, 11) is -1.04. The minimum atomic E-state index is -3.95. The number of terminal acetylenes is 1. The summed E-state index contributed by atoms with van der Waals surface area (Å²) in [6, 6.07) is 14.6. The Kier molecular flexibility index (Phi) is 7.54. The Morgan fingerprint density at radius 1 is 1.09 bits per heavy atom. The van der Waals surface area contributed by atoms with Crippen LogP contribution in [0.5, 0.6) is 11.5 Å². The first-order valence-corrected chi connectivity index (χ1v) is 11.9. The van der Waals surface area contributed by atoms with Crippen molar-refractivity contribution in [2.24, 2.45) is 0 Å². The number of fused-ring (bicyclic) bond motifs is 1. The van der Waals surface area contributed by atoms with E-state index in [4.69, 9.17) is 15.9 Å². The molecule has 2 N–H and O–H groups in total. The Hall–Kier alpha value is -3.90. The highest BCUT2D eigenvalue weighted by Crippen LogP contribution is 2.35. The van der Waals surface area contributed by atoms with Gasteiger partial charge >= 0.3 is 5.97 Å². The molecule has 0 fully saturated rings. The molecule has 0 aliphatic rings. The number of carbonyl (C=O) groups is 1. The van der Waals surface area contributed by atoms with Gasteiger partial charge in [-0.15, -0.1) is 6.42 Å². The number of carboxylic acid groups (broad SMARTS) is 1. The number of hydrogen-bond donors (Lipinski definition) is 2. The van der Waals surface area contributed by atoms with Crippen molar-refractivity contribution in [1.82, 2.24) is 0 Å². The molecule has 0 saturated carbocycles. The van der Waals surface area contributed by atoms with Crippen molar-refractivity contribution in [2.75, 3.05) is 30.4 Å². The molecule has 0 amide bonds. The fourth-order valence-electron chi connectivity index (χ4n) is 3.75. The quantitative estimate of drug-likeness (QED) is 0.422. The van der Waals surface area contributed by atoms with Crippen LogP contribution in [-0.4, -0.2) is 46.3 Å². The highest BCUT2D eigenvalue weighted by atomic mass is 32.2. The van der Waals surface area contributed by atoms with E-state index < -0.39 is 16.0 Å². The predicted octanol–water partition coefficient (Wildman–Crippen LogP) is 3.96. The van der Waals surface area contributed by atoms with Crippen molar-refractivity contribution >= 4 is 38.1 Å². The Morgan fingerprint density at radius 2 is 1.76 bits per heavy atom. The monoisotopic (exact) mass is 482 g/mol. The van der Waals surface area contributed by atoms with Gasteiger partial charge in [-0.05, 0) is 31.2 Å². The zero-order chi connectivity index (χ0) is 24.9. The second kappa shape index (κ2) is 10.4. The first kappa shape index (κ1) is 24.7. The number of anilines is 2. The molecule has 3 rings (SSSR count). The molecule has 0 aliphatic heterocycles. The van der Waals surface area contributed by atoms with Crippen molar-refractivity contribution < 1.29 is 27.8 Å². The maximum Gasteiger partial charge on any atom is 0.305 e. The molecule has 0 heterocycles. The normalized spacial score (nSPS) is 11.9. The Labute approximate surface area is 199 Å². The lowest BCUT2D eigenvalue weighted by Crippen LogP contribution is -2.35. The van der Waals surface area contributed by atoms with Crippen LogP contribution in [-0.2, 0) is 14.8 Å². The molecule has 178 valence electrons. The van der Waals surface area contributed by atoms with Crippen LogP contribution in [0.3, 0.4) is 0 Å². The minimum Gasteiger partial charge on any atom is -0.493 e. The van der Waals surface area contributed by atoms with Gasteiger partial charge in [-0.25, -0.2) is 8.42 Å². The van der Waals surface area contributed by atoms with E-state index in [1.807, 2.05) is 17.0 Å². The number of carboxylic acids is 1. The molecular formula is C25H26N2O6S. The lowest BCUT2D eigenvalue weighted by atomic mass is 10.0. The fourth-order valence-corrected chi connectivity index (χ4v) is 4.84. The molecule has 0 aromatic heterocycles. The number of hydrogen-bond acceptors (Lipinski definition) is 6. The summed E-state index contributed by atoms with van der Waals surface area (Å²) >= 11 is 0. The van der Waals surface area contributed by atoms with E-state index in [0.717, 1.165) is 11.1 Å². The number of rotatable bonds is 10. The number of benzene rings is 3. The van der Waals surface area contributed by atoms with Crippen molar-refractivity contribution in [2.45, 2.75) is 24.3 Å². The maximum atomic E-state index is 13.2. The average Bonchev–Trinajstić information content (AvgIpc) is 2.82. The van der Waals surface area contributed by atoms with Crippen LogP contribution in [0.4, 0.5) is 11.4 Å². The molecular weight excluding hydrogens is 456 g/mol. The van der Waals surface area contributed by atoms with Crippen LogP contribution in [0.2, 0.25) is 0 Å². The largest absolute Gasteiger partial charge is 0.493 e. The van der Waals surface area contributed by atoms with Crippen LogP contribution >= 0.6 is 0 Å². The first-order chi connectivity index (χ1) is 16.2. The molecule has 1 atom stereocenters. The van der Waals surface area contributed by atoms with Gasteiger partial charge in [0, 0.05) is 28.6 Å². The van der Waals surface area contributed by atoms with E-state index in [-0.39, 0.29) is 23.9 Å². The number of nitrogens with zero attached hydrogens (tertiary/aromatic N) is 1. The van der Waals surface area contributed by atoms with Crippen LogP contribution in [0.1, 0.15) is 13.3 Å². The van der Waals surface area contributed by atoms with Crippen molar-refractivity contribution in [3.63, 3.8) is 0 Å². The Balaban J connectivity index is 2.06. The lowest BCUT2D eigenvalue weighted by molar-refractivity contribution is -0.137. The van der Waals surface area contributed by atoms with Gasteiger partial charge in [-0.2, -0.15) is 0 Å². The Morgan fingerprint density at radius 3 is 2.38 bits per heavy atom. The number of nitrogens with one attached hydrogen (secondary N) is 1. The van der Waals surface area contributed by atoms with Gasteiger partial charge in [0.1, 0.15) is 0 Å². The van der Waals surface area contributed by atoms with Crippen LogP contribution in [0, 0.1) is 12.3 Å². The summed E-state index contributed by atoms with van der Waals surface area (Å²) in [6.07, 6.45) is 5.46. The molecule has 3 aromatic carbocycles. The van der Waals surface area contributed by atoms with Gasteiger partial charge < -0.3 is 19.5 Å². The van der Waals surface area contributed by atoms with Gasteiger partial charge in [0.15, 0.2) is 11.5 Å². The van der Waals surface area contributed by atoms with Gasteiger partial charge in [-0.3, -0.25) is 9.52 Å². The van der Waals surface area contributed by atoms with Gasteiger partial charge in [0.05, 0.1) is 37.8 Å². The van der Waals surface area contributed by atoms with E-state index in [1.54, 1.807) is 31.2 Å². The van der Waals surface area contributed by atoms with E-state index in [2.05, 4.69) is 10.6 Å². The molecule has 0 aliphatic carbocycles. The predicted molar refractivity (Wildman–Crippen MR) is 132 cm³/mol. The number of sulfonamides is 1. The molecule has 0 spiro atoms. The van der Waals surface area contributed by atoms with Gasteiger partial charge in [-0.1, -0.05) is 30.2 Å². The van der Waals surface area contributed by atoms with E-state index >= 15 is 0 Å². The molecule has 9 heteroatoms. The zero-order valence-electron chi connectivity index (χ0n) is 19.1. The van der Waals surface area contributed by atoms with Crippen molar-refractivity contribution in [3.05, 3.63) is 54.6 Å². The second-order valence-corrected chi connectivity index (χ2v) is 9.26. The summed E-state index contributed by atoms with van der Waals surface area (Å²) in [5, 5.41) is 10.6. The highest BCUT2D eigenvalue weighted by Gasteiger charge is 2.22. The Bertz CT molecular complexity index is 1350. The maximum absolute atomic E-state index is 13.2. The summed E-state index contributed by atoms with van der Waals surface area (Å²) in [5.41, 5.74) is 1.09. The van der Waals surface area contributed by atoms with Crippen LogP contribution < -0.4 is 19.1 Å². The molecule has 0 unspecified atom stereocenters. The number of ether oxygens (including phenoxy) is 2. The standard InChI is InChI=1S/C25H26N2O6S/c1-5-14-27(17(2)15-25(28)29)22-12-11-21(19-8-6-7-9-20(19)22)26-34(30,31)18-10-13-23(32-3)24(16-18)33-4/h1,6-13,16-17,26H,14-15H2,2-4H3,(H,28,29)/t17-/m0/s1. The van der Waals surface area contributed by atoms with Crippen molar-refractivity contribution in [1.29, 1.82) is 0 Å². The average molecular weight is 483 g/mol. The van der Waals surface area contributed by atoms with Gasteiger partial charge in [0.25, 0.3) is 10.0 Å². The molecule has 0 saturated heterocycles. The van der Waals surface area contributed by atoms with Gasteiger partial charge in [0.2, 0.25) is 0 Å². The van der Waals surface area contributed by atoms with Crippen molar-refractivity contribution in [3.8, 4) is 23.8 Å². The zero-order valence-corrected chi connectivity index (χ0v) is 19.9. The highest BCUT2D eigenvalue weighted by molar-refractivity contribution is 7.92. The first-order valence-electron chi connectivity index (χ1n) is 10.4. The van der Waals surface area contributed by atoms with Crippen LogP contribution in [0.25, 0.3) is 10.8 Å². The molecule has 34 heavy (non-hydrogen) atoms. The summed E-state index contributed by atoms with van der Waals surface area (Å²) in [6.45, 7) is 1.99. The lowest BCUT2D eigenvalue weighted by Gasteiger charge is -2.30. The third-order valence-electron chi connectivity index (χ3n) is 5.38. The SMILES string of the molecule is C#CCN(c1ccc(NS(=O)(=O)c2ccc(OC)c(OC)c2)c2ccccc12)[C@@H](C)CC(=O)O. The number of aliphatic carboxylic acids is 1. The third-order valence-corrected chi connectivity index (χ3v) is 6.75. The summed E-state index contributed by atoms with van der Waals surface area (Å²) in [5.74, 6) is 2.36. The van der Waals surface area contributed by atoms with E-state index in [1.165, 1.54) is 32.4 Å². The second-order valence-electron chi connectivity index (χ2n) is 7.58. The third kappa shape index (κ3) is 5.18. The molecule has 0 bridgehead atoms. The molecule has 3 aromatic rings. The van der Waals surface area contributed by atoms with E-state index in [0.29, 0.717) is 22.6 Å². The van der Waals surface area contributed by atoms with E-state index in [9.17, 15) is 18.3 Å². The van der Waals surface area contributed by atoms with Crippen LogP contribution in [0.15, 0.2) is 59.5 Å². The fraction of sp³-hybridized carbons (Fsp3) is 0.240. The molecule has 0 radical (unpaired) electrons.